The van der Waals surface area contributed by atoms with E-state index < -0.39 is 11.9 Å². The fourth-order valence-electron chi connectivity index (χ4n) is 1.23. The van der Waals surface area contributed by atoms with Crippen molar-refractivity contribution in [2.45, 2.75) is 45.4 Å². The molecular formula is C11H22KNO3. The molecule has 0 aliphatic heterocycles. The van der Waals surface area contributed by atoms with Crippen molar-refractivity contribution in [3.63, 3.8) is 0 Å². The second-order valence-electron chi connectivity index (χ2n) is 3.54. The van der Waals surface area contributed by atoms with E-state index in [4.69, 9.17) is 0 Å². The third kappa shape index (κ3) is 12.8. The van der Waals surface area contributed by atoms with Gasteiger partial charge >= 0.3 is 63.3 Å². The molecule has 5 heteroatoms. The Labute approximate surface area is 140 Å². The molecule has 0 aromatic heterocycles. The van der Waals surface area contributed by atoms with Crippen LogP contribution in [0.25, 0.3) is 0 Å². The van der Waals surface area contributed by atoms with Gasteiger partial charge < -0.3 is 10.1 Å². The van der Waals surface area contributed by atoms with E-state index in [0.29, 0.717) is 6.42 Å². The molecule has 0 fully saturated rings. The monoisotopic (exact) mass is 255 g/mol. The zero-order valence-electron chi connectivity index (χ0n) is 9.67. The SMILES string of the molecule is CCCCCCCC(=O)OC(=O)CNC.[KH]. The number of hydrogen-bond acceptors (Lipinski definition) is 4. The van der Waals surface area contributed by atoms with Gasteiger partial charge in [-0.15, -0.1) is 0 Å². The van der Waals surface area contributed by atoms with Crippen LogP contribution >= 0.6 is 0 Å². The van der Waals surface area contributed by atoms with Gasteiger partial charge in [-0.3, -0.25) is 9.59 Å². The van der Waals surface area contributed by atoms with E-state index in [-0.39, 0.29) is 57.9 Å². The molecular weight excluding hydrogens is 233 g/mol. The van der Waals surface area contributed by atoms with Crippen LogP contribution in [0.5, 0.6) is 0 Å². The van der Waals surface area contributed by atoms with Crippen LogP contribution in [0.3, 0.4) is 0 Å². The van der Waals surface area contributed by atoms with Crippen molar-refractivity contribution in [3.8, 4) is 0 Å². The molecule has 4 nitrogen and oxygen atoms in total. The molecule has 0 saturated carbocycles. The van der Waals surface area contributed by atoms with Crippen LogP contribution in [0.4, 0.5) is 0 Å². The predicted octanol–water partition coefficient (Wildman–Crippen LogP) is 0.988. The number of esters is 2. The van der Waals surface area contributed by atoms with Crippen molar-refractivity contribution in [2.75, 3.05) is 13.6 Å². The first kappa shape index (κ1) is 19.1. The van der Waals surface area contributed by atoms with E-state index in [1.54, 1.807) is 7.05 Å². The van der Waals surface area contributed by atoms with Crippen LogP contribution in [0.1, 0.15) is 45.4 Å². The van der Waals surface area contributed by atoms with Gasteiger partial charge in [0.05, 0.1) is 6.54 Å². The average molecular weight is 255 g/mol. The fraction of sp³-hybridized carbons (Fsp3) is 0.818. The standard InChI is InChI=1S/C11H21NO3.K.H/c1-3-4-5-6-7-8-10(13)15-11(14)9-12-2;;/h12H,3-9H2,1-2H3;;. The first-order valence-corrected chi connectivity index (χ1v) is 5.58. The molecule has 0 unspecified atom stereocenters. The van der Waals surface area contributed by atoms with Gasteiger partial charge in [-0.2, -0.15) is 0 Å². The Kier molecular flexibility index (Phi) is 16.5. The van der Waals surface area contributed by atoms with Crippen molar-refractivity contribution in [2.24, 2.45) is 0 Å². The summed E-state index contributed by atoms with van der Waals surface area (Å²) < 4.78 is 4.56. The number of rotatable bonds is 8. The number of carbonyl (C=O) groups excluding carboxylic acids is 2. The Morgan fingerprint density at radius 3 is 2.25 bits per heavy atom. The molecule has 0 saturated heterocycles. The zero-order valence-corrected chi connectivity index (χ0v) is 9.67. The molecule has 0 aromatic rings. The van der Waals surface area contributed by atoms with Crippen LogP contribution in [-0.2, 0) is 14.3 Å². The maximum atomic E-state index is 11.1. The summed E-state index contributed by atoms with van der Waals surface area (Å²) >= 11 is 0. The van der Waals surface area contributed by atoms with Gasteiger partial charge in [0.15, 0.2) is 0 Å². The van der Waals surface area contributed by atoms with Crippen molar-refractivity contribution >= 4 is 63.3 Å². The minimum absolute atomic E-state index is 0. The Balaban J connectivity index is 0. The molecule has 16 heavy (non-hydrogen) atoms. The van der Waals surface area contributed by atoms with Gasteiger partial charge in [-0.25, -0.2) is 0 Å². The van der Waals surface area contributed by atoms with E-state index in [0.717, 1.165) is 19.3 Å². The summed E-state index contributed by atoms with van der Waals surface area (Å²) in [6.45, 7) is 2.23. The molecule has 0 aliphatic rings. The molecule has 0 aliphatic carbocycles. The summed E-state index contributed by atoms with van der Waals surface area (Å²) in [5.41, 5.74) is 0. The average Bonchev–Trinajstić information content (AvgIpc) is 2.17. The normalized spacial score (nSPS) is 9.38. The predicted molar refractivity (Wildman–Crippen MR) is 65.6 cm³/mol. The number of hydrogen-bond donors (Lipinski definition) is 1. The van der Waals surface area contributed by atoms with Crippen molar-refractivity contribution in [1.29, 1.82) is 0 Å². The van der Waals surface area contributed by atoms with Crippen molar-refractivity contribution < 1.29 is 14.3 Å². The van der Waals surface area contributed by atoms with E-state index in [2.05, 4.69) is 17.0 Å². The Morgan fingerprint density at radius 2 is 1.69 bits per heavy atom. The fourth-order valence-corrected chi connectivity index (χ4v) is 1.23. The molecule has 0 spiro atoms. The summed E-state index contributed by atoms with van der Waals surface area (Å²) in [6.07, 6.45) is 5.72. The quantitative estimate of drug-likeness (QED) is 0.304. The Hall–Kier alpha value is 0.736. The van der Waals surface area contributed by atoms with Crippen LogP contribution in [0, 0.1) is 0 Å². The minimum atomic E-state index is -0.504. The third-order valence-electron chi connectivity index (χ3n) is 2.03. The molecule has 1 N–H and O–H groups in total. The second-order valence-corrected chi connectivity index (χ2v) is 3.54. The molecule has 0 heterocycles. The molecule has 0 radical (unpaired) electrons. The summed E-state index contributed by atoms with van der Waals surface area (Å²) in [5.74, 6) is -0.914. The van der Waals surface area contributed by atoms with Gasteiger partial charge in [0.25, 0.3) is 0 Å². The van der Waals surface area contributed by atoms with E-state index in [9.17, 15) is 9.59 Å². The van der Waals surface area contributed by atoms with E-state index >= 15 is 0 Å². The Bertz CT molecular complexity index is 198. The van der Waals surface area contributed by atoms with E-state index in [1.807, 2.05) is 0 Å². The topological polar surface area (TPSA) is 55.4 Å². The summed E-state index contributed by atoms with van der Waals surface area (Å²) in [6, 6.07) is 0. The number of ether oxygens (including phenoxy) is 1. The van der Waals surface area contributed by atoms with Gasteiger partial charge in [0, 0.05) is 6.42 Å². The second kappa shape index (κ2) is 13.8. The van der Waals surface area contributed by atoms with Gasteiger partial charge in [-0.1, -0.05) is 32.6 Å². The van der Waals surface area contributed by atoms with Gasteiger partial charge in [0.1, 0.15) is 0 Å². The maximum absolute atomic E-state index is 11.1. The number of carbonyl (C=O) groups is 2. The molecule has 0 amide bonds. The first-order valence-electron chi connectivity index (χ1n) is 5.58. The van der Waals surface area contributed by atoms with E-state index in [1.165, 1.54) is 12.8 Å². The van der Waals surface area contributed by atoms with Crippen LogP contribution < -0.4 is 5.32 Å². The van der Waals surface area contributed by atoms with Crippen LogP contribution in [0.2, 0.25) is 0 Å². The number of unbranched alkanes of at least 4 members (excludes halogenated alkanes) is 4. The first-order chi connectivity index (χ1) is 7.20. The van der Waals surface area contributed by atoms with Crippen LogP contribution in [-0.4, -0.2) is 76.9 Å². The number of nitrogens with one attached hydrogen (secondary N) is 1. The van der Waals surface area contributed by atoms with Crippen LogP contribution in [0.15, 0.2) is 0 Å². The molecule has 0 bridgehead atoms. The summed E-state index contributed by atoms with van der Waals surface area (Å²) in [7, 11) is 1.64. The van der Waals surface area contributed by atoms with Gasteiger partial charge in [0.2, 0.25) is 0 Å². The zero-order chi connectivity index (χ0) is 11.5. The van der Waals surface area contributed by atoms with Crippen molar-refractivity contribution in [3.05, 3.63) is 0 Å². The summed E-state index contributed by atoms with van der Waals surface area (Å²) in [5, 5.41) is 2.63. The molecule has 90 valence electrons. The van der Waals surface area contributed by atoms with Crippen molar-refractivity contribution in [1.82, 2.24) is 5.32 Å². The molecule has 0 atom stereocenters. The summed E-state index contributed by atoms with van der Waals surface area (Å²) in [4.78, 5) is 22.0. The molecule has 0 rings (SSSR count). The molecule has 0 aromatic carbocycles. The third-order valence-corrected chi connectivity index (χ3v) is 2.03. The Morgan fingerprint density at radius 1 is 1.06 bits per heavy atom. The number of likely N-dealkylation sites (N-methyl/N-ethyl adjacent to an activating group) is 1. The van der Waals surface area contributed by atoms with Gasteiger partial charge in [-0.05, 0) is 13.5 Å².